The Labute approximate surface area is 97.1 Å². The van der Waals surface area contributed by atoms with Crippen LogP contribution in [0.1, 0.15) is 28.6 Å². The van der Waals surface area contributed by atoms with Crippen LogP contribution >= 0.6 is 23.1 Å². The number of thiophene rings is 1. The quantitative estimate of drug-likeness (QED) is 0.809. The minimum atomic E-state index is -0.851. The van der Waals surface area contributed by atoms with E-state index in [1.165, 1.54) is 11.3 Å². The van der Waals surface area contributed by atoms with Crippen LogP contribution in [0.2, 0.25) is 0 Å². The lowest BCUT2D eigenvalue weighted by Crippen LogP contribution is -2.01. The molecule has 0 radical (unpaired) electrons. The van der Waals surface area contributed by atoms with E-state index in [9.17, 15) is 4.79 Å². The summed E-state index contributed by atoms with van der Waals surface area (Å²) >= 11 is 2.93. The van der Waals surface area contributed by atoms with Crippen molar-refractivity contribution >= 4 is 29.1 Å². The van der Waals surface area contributed by atoms with Crippen LogP contribution in [0.25, 0.3) is 0 Å². The lowest BCUT2D eigenvalue weighted by Gasteiger charge is -2.08. The summed E-state index contributed by atoms with van der Waals surface area (Å²) in [5, 5.41) is 19.8. The largest absolute Gasteiger partial charge is 0.477 e. The summed E-state index contributed by atoms with van der Waals surface area (Å²) < 4.78 is 0. The molecule has 0 saturated heterocycles. The van der Waals surface area contributed by atoms with E-state index in [-0.39, 0.29) is 6.61 Å². The minimum Gasteiger partial charge on any atom is -0.477 e. The van der Waals surface area contributed by atoms with Crippen molar-refractivity contribution in [2.24, 2.45) is 0 Å². The van der Waals surface area contributed by atoms with E-state index in [0.29, 0.717) is 15.9 Å². The van der Waals surface area contributed by atoms with Crippen LogP contribution in [0.4, 0.5) is 0 Å². The maximum atomic E-state index is 10.8. The van der Waals surface area contributed by atoms with Gasteiger partial charge in [0.25, 0.3) is 0 Å². The molecular weight excluding hydrogens is 232 g/mol. The number of carbonyl (C=O) groups is 1. The highest BCUT2D eigenvalue weighted by Gasteiger charge is 2.12. The molecule has 1 atom stereocenters. The summed E-state index contributed by atoms with van der Waals surface area (Å²) in [4.78, 5) is 11.2. The first kappa shape index (κ1) is 12.5. The number of aromatic carboxylic acids is 1. The predicted molar refractivity (Wildman–Crippen MR) is 63.7 cm³/mol. The summed E-state index contributed by atoms with van der Waals surface area (Å²) in [6.45, 7) is 2.22. The zero-order valence-electron chi connectivity index (χ0n) is 8.47. The number of rotatable bonds is 6. The molecule has 1 rings (SSSR count). The van der Waals surface area contributed by atoms with Gasteiger partial charge in [-0.3, -0.25) is 0 Å². The molecule has 84 valence electrons. The van der Waals surface area contributed by atoms with Gasteiger partial charge in [0.1, 0.15) is 4.88 Å². The number of carboxylic acids is 1. The van der Waals surface area contributed by atoms with Crippen molar-refractivity contribution in [1.29, 1.82) is 0 Å². The van der Waals surface area contributed by atoms with E-state index in [1.54, 1.807) is 17.1 Å². The third kappa shape index (κ3) is 3.85. The molecule has 15 heavy (non-hydrogen) atoms. The molecule has 0 saturated carbocycles. The number of aliphatic hydroxyl groups is 1. The van der Waals surface area contributed by atoms with Crippen molar-refractivity contribution in [2.75, 3.05) is 6.61 Å². The van der Waals surface area contributed by atoms with Gasteiger partial charge in [-0.05, 0) is 23.4 Å². The fourth-order valence-electron chi connectivity index (χ4n) is 1.13. The van der Waals surface area contributed by atoms with Gasteiger partial charge in [0.05, 0.1) is 0 Å². The van der Waals surface area contributed by atoms with Gasteiger partial charge in [-0.1, -0.05) is 6.92 Å². The lowest BCUT2D eigenvalue weighted by molar-refractivity contribution is 0.0701. The van der Waals surface area contributed by atoms with Gasteiger partial charge < -0.3 is 10.2 Å². The smallest absolute Gasteiger partial charge is 0.346 e. The monoisotopic (exact) mass is 246 g/mol. The van der Waals surface area contributed by atoms with Gasteiger partial charge >= 0.3 is 5.97 Å². The van der Waals surface area contributed by atoms with E-state index in [4.69, 9.17) is 10.2 Å². The van der Waals surface area contributed by atoms with Crippen LogP contribution in [-0.4, -0.2) is 28.0 Å². The molecular formula is C10H14O3S2. The number of thioether (sulfide) groups is 1. The van der Waals surface area contributed by atoms with E-state index in [2.05, 4.69) is 0 Å². The first-order valence-corrected chi connectivity index (χ1v) is 6.60. The highest BCUT2D eigenvalue weighted by Crippen LogP contribution is 2.25. The fourth-order valence-corrected chi connectivity index (χ4v) is 2.96. The summed E-state index contributed by atoms with van der Waals surface area (Å²) in [6, 6.07) is 1.85. The van der Waals surface area contributed by atoms with Gasteiger partial charge in [-0.15, -0.1) is 11.3 Å². The van der Waals surface area contributed by atoms with Crippen molar-refractivity contribution in [3.63, 3.8) is 0 Å². The Balaban J connectivity index is 2.50. The van der Waals surface area contributed by atoms with Crippen molar-refractivity contribution < 1.29 is 15.0 Å². The Morgan fingerprint density at radius 1 is 1.67 bits per heavy atom. The molecule has 2 N–H and O–H groups in total. The minimum absolute atomic E-state index is 0.184. The summed E-state index contributed by atoms with van der Waals surface area (Å²) in [5.41, 5.74) is 0.877. The molecule has 5 heteroatoms. The molecule has 0 amide bonds. The van der Waals surface area contributed by atoms with Crippen molar-refractivity contribution in [1.82, 2.24) is 0 Å². The first-order chi connectivity index (χ1) is 7.15. The molecule has 1 aromatic rings. The number of aliphatic hydroxyl groups excluding tert-OH is 1. The zero-order chi connectivity index (χ0) is 11.3. The molecule has 0 aromatic carbocycles. The second-order valence-corrected chi connectivity index (χ2v) is 5.56. The Bertz CT molecular complexity index is 322. The average molecular weight is 246 g/mol. The maximum absolute atomic E-state index is 10.8. The number of hydrogen-bond donors (Lipinski definition) is 2. The number of hydrogen-bond acceptors (Lipinski definition) is 4. The SMILES string of the molecule is CC(CCO)SCc1ccsc1C(=O)O. The molecule has 1 unspecified atom stereocenters. The Morgan fingerprint density at radius 2 is 2.40 bits per heavy atom. The summed E-state index contributed by atoms with van der Waals surface area (Å²) in [6.07, 6.45) is 0.747. The Kier molecular flexibility index (Phi) is 5.14. The van der Waals surface area contributed by atoms with Crippen LogP contribution in [0.3, 0.4) is 0 Å². The van der Waals surface area contributed by atoms with E-state index in [0.717, 1.165) is 12.0 Å². The van der Waals surface area contributed by atoms with Gasteiger partial charge in [0.2, 0.25) is 0 Å². The summed E-state index contributed by atoms with van der Waals surface area (Å²) in [5.74, 6) is -0.151. The van der Waals surface area contributed by atoms with Crippen LogP contribution in [-0.2, 0) is 5.75 Å². The standard InChI is InChI=1S/C10H14O3S2/c1-7(2-4-11)15-6-8-3-5-14-9(8)10(12)13/h3,5,7,11H,2,4,6H2,1H3,(H,12,13). The summed E-state index contributed by atoms with van der Waals surface area (Å²) in [7, 11) is 0. The van der Waals surface area contributed by atoms with Gasteiger partial charge in [-0.25, -0.2) is 4.79 Å². The van der Waals surface area contributed by atoms with Crippen LogP contribution in [0, 0.1) is 0 Å². The first-order valence-electron chi connectivity index (χ1n) is 4.67. The van der Waals surface area contributed by atoms with Gasteiger partial charge in [0, 0.05) is 17.6 Å². The third-order valence-electron chi connectivity index (χ3n) is 2.00. The molecule has 0 fully saturated rings. The second kappa shape index (κ2) is 6.15. The fraction of sp³-hybridized carbons (Fsp3) is 0.500. The van der Waals surface area contributed by atoms with Crippen molar-refractivity contribution in [2.45, 2.75) is 24.3 Å². The topological polar surface area (TPSA) is 57.5 Å². The maximum Gasteiger partial charge on any atom is 0.346 e. The highest BCUT2D eigenvalue weighted by molar-refractivity contribution is 7.99. The predicted octanol–water partition coefficient (Wildman–Crippen LogP) is 2.45. The lowest BCUT2D eigenvalue weighted by atomic mass is 10.3. The molecule has 0 bridgehead atoms. The second-order valence-electron chi connectivity index (χ2n) is 3.21. The molecule has 1 heterocycles. The van der Waals surface area contributed by atoms with E-state index >= 15 is 0 Å². The molecule has 0 aliphatic heterocycles. The molecule has 0 spiro atoms. The van der Waals surface area contributed by atoms with Gasteiger partial charge in [-0.2, -0.15) is 11.8 Å². The molecule has 0 aliphatic carbocycles. The Hall–Kier alpha value is -0.520. The highest BCUT2D eigenvalue weighted by atomic mass is 32.2. The molecule has 0 aliphatic rings. The zero-order valence-corrected chi connectivity index (χ0v) is 10.1. The third-order valence-corrected chi connectivity index (χ3v) is 4.23. The normalized spacial score (nSPS) is 12.7. The molecule has 1 aromatic heterocycles. The Morgan fingerprint density at radius 3 is 3.00 bits per heavy atom. The average Bonchev–Trinajstić information content (AvgIpc) is 2.63. The number of carboxylic acid groups (broad SMARTS) is 1. The van der Waals surface area contributed by atoms with E-state index in [1.807, 2.05) is 13.0 Å². The van der Waals surface area contributed by atoms with Crippen LogP contribution in [0.15, 0.2) is 11.4 Å². The van der Waals surface area contributed by atoms with Crippen molar-refractivity contribution in [3.8, 4) is 0 Å². The van der Waals surface area contributed by atoms with E-state index < -0.39 is 5.97 Å². The van der Waals surface area contributed by atoms with Gasteiger partial charge in [0.15, 0.2) is 0 Å². The van der Waals surface area contributed by atoms with Crippen molar-refractivity contribution in [3.05, 3.63) is 21.9 Å². The van der Waals surface area contributed by atoms with Crippen LogP contribution < -0.4 is 0 Å². The molecule has 3 nitrogen and oxygen atoms in total. The van der Waals surface area contributed by atoms with Crippen LogP contribution in [0.5, 0.6) is 0 Å².